The molecular formula is C16H21FN2O. The third-order valence-electron chi connectivity index (χ3n) is 2.86. The Morgan fingerprint density at radius 1 is 1.40 bits per heavy atom. The molecule has 0 atom stereocenters. The quantitative estimate of drug-likeness (QED) is 0.619. The van der Waals surface area contributed by atoms with E-state index in [0.717, 1.165) is 19.3 Å². The fourth-order valence-corrected chi connectivity index (χ4v) is 1.76. The van der Waals surface area contributed by atoms with Gasteiger partial charge >= 0.3 is 0 Å². The second-order valence-corrected chi connectivity index (χ2v) is 4.55. The molecule has 0 bridgehead atoms. The largest absolute Gasteiger partial charge is 0.352 e. The zero-order chi connectivity index (χ0) is 14.8. The van der Waals surface area contributed by atoms with Crippen molar-refractivity contribution >= 4 is 5.91 Å². The van der Waals surface area contributed by atoms with Gasteiger partial charge in [0.1, 0.15) is 5.82 Å². The van der Waals surface area contributed by atoms with Gasteiger partial charge in [-0.25, -0.2) is 4.39 Å². The molecule has 3 N–H and O–H groups in total. The summed E-state index contributed by atoms with van der Waals surface area (Å²) in [7, 11) is 0. The Morgan fingerprint density at radius 2 is 2.20 bits per heavy atom. The lowest BCUT2D eigenvalue weighted by Crippen LogP contribution is -2.22. The number of hydrogen-bond acceptors (Lipinski definition) is 2. The maximum Gasteiger partial charge on any atom is 0.220 e. The molecule has 4 heteroatoms. The fourth-order valence-electron chi connectivity index (χ4n) is 1.76. The van der Waals surface area contributed by atoms with Gasteiger partial charge in [0.2, 0.25) is 5.91 Å². The van der Waals surface area contributed by atoms with Crippen LogP contribution in [-0.2, 0) is 11.3 Å². The highest BCUT2D eigenvalue weighted by Gasteiger charge is 2.05. The van der Waals surface area contributed by atoms with E-state index in [1.807, 2.05) is 0 Å². The van der Waals surface area contributed by atoms with Crippen LogP contribution in [0.2, 0.25) is 0 Å². The molecule has 1 rings (SSSR count). The van der Waals surface area contributed by atoms with Gasteiger partial charge in [-0.3, -0.25) is 4.79 Å². The van der Waals surface area contributed by atoms with Crippen LogP contribution in [0.15, 0.2) is 18.2 Å². The van der Waals surface area contributed by atoms with Gasteiger partial charge in [-0.2, -0.15) is 0 Å². The van der Waals surface area contributed by atoms with Gasteiger partial charge < -0.3 is 11.1 Å². The zero-order valence-corrected chi connectivity index (χ0v) is 11.8. The highest BCUT2D eigenvalue weighted by atomic mass is 19.1. The van der Waals surface area contributed by atoms with Crippen LogP contribution in [0, 0.1) is 17.7 Å². The van der Waals surface area contributed by atoms with Crippen molar-refractivity contribution in [1.82, 2.24) is 5.32 Å². The van der Waals surface area contributed by atoms with E-state index in [-0.39, 0.29) is 24.8 Å². The van der Waals surface area contributed by atoms with Crippen molar-refractivity contribution < 1.29 is 9.18 Å². The highest BCUT2D eigenvalue weighted by Crippen LogP contribution is 2.10. The van der Waals surface area contributed by atoms with Gasteiger partial charge in [-0.1, -0.05) is 31.6 Å². The molecule has 1 amide bonds. The number of benzene rings is 1. The molecule has 0 aliphatic heterocycles. The van der Waals surface area contributed by atoms with Crippen molar-refractivity contribution in [2.24, 2.45) is 5.73 Å². The van der Waals surface area contributed by atoms with Gasteiger partial charge in [0.05, 0.1) is 6.54 Å². The van der Waals surface area contributed by atoms with E-state index >= 15 is 0 Å². The predicted molar refractivity (Wildman–Crippen MR) is 78.3 cm³/mol. The summed E-state index contributed by atoms with van der Waals surface area (Å²) in [5.41, 5.74) is 6.44. The van der Waals surface area contributed by atoms with Crippen molar-refractivity contribution in [1.29, 1.82) is 0 Å². The first-order chi connectivity index (χ1) is 9.67. The van der Waals surface area contributed by atoms with Gasteiger partial charge in [0, 0.05) is 24.1 Å². The second kappa shape index (κ2) is 9.11. The molecule has 0 spiro atoms. The lowest BCUT2D eigenvalue weighted by molar-refractivity contribution is -0.121. The van der Waals surface area contributed by atoms with Crippen molar-refractivity contribution in [3.8, 4) is 11.8 Å². The number of nitrogens with one attached hydrogen (secondary N) is 1. The Kier molecular flexibility index (Phi) is 7.38. The molecule has 20 heavy (non-hydrogen) atoms. The Bertz CT molecular complexity index is 503. The number of carbonyl (C=O) groups is 1. The van der Waals surface area contributed by atoms with E-state index in [1.54, 1.807) is 12.1 Å². The third kappa shape index (κ3) is 5.85. The van der Waals surface area contributed by atoms with Crippen molar-refractivity contribution in [3.63, 3.8) is 0 Å². The Balaban J connectivity index is 2.56. The molecule has 3 nitrogen and oxygen atoms in total. The molecular weight excluding hydrogens is 255 g/mol. The summed E-state index contributed by atoms with van der Waals surface area (Å²) in [6.45, 7) is 2.54. The van der Waals surface area contributed by atoms with E-state index in [4.69, 9.17) is 5.73 Å². The Hall–Kier alpha value is -1.86. The smallest absolute Gasteiger partial charge is 0.220 e. The van der Waals surface area contributed by atoms with Crippen LogP contribution in [0.1, 0.15) is 43.7 Å². The normalized spacial score (nSPS) is 9.75. The number of rotatable bonds is 6. The van der Waals surface area contributed by atoms with Gasteiger partial charge in [-0.15, -0.1) is 0 Å². The Labute approximate surface area is 119 Å². The molecule has 0 unspecified atom stereocenters. The zero-order valence-electron chi connectivity index (χ0n) is 11.8. The molecule has 1 aromatic rings. The molecule has 108 valence electrons. The topological polar surface area (TPSA) is 55.1 Å². The van der Waals surface area contributed by atoms with E-state index in [0.29, 0.717) is 17.5 Å². The predicted octanol–water partition coefficient (Wildman–Crippen LogP) is 2.33. The van der Waals surface area contributed by atoms with E-state index < -0.39 is 0 Å². The van der Waals surface area contributed by atoms with Crippen LogP contribution in [-0.4, -0.2) is 12.5 Å². The van der Waals surface area contributed by atoms with Crippen molar-refractivity contribution in [2.45, 2.75) is 39.2 Å². The van der Waals surface area contributed by atoms with E-state index in [9.17, 15) is 9.18 Å². The van der Waals surface area contributed by atoms with Gasteiger partial charge in [0.15, 0.2) is 0 Å². The van der Waals surface area contributed by atoms with Crippen LogP contribution < -0.4 is 11.1 Å². The van der Waals surface area contributed by atoms with Crippen LogP contribution in [0.3, 0.4) is 0 Å². The molecule has 0 aromatic heterocycles. The van der Waals surface area contributed by atoms with Crippen LogP contribution >= 0.6 is 0 Å². The second-order valence-electron chi connectivity index (χ2n) is 4.55. The molecule has 1 aromatic carbocycles. The lowest BCUT2D eigenvalue weighted by atomic mass is 10.1. The Morgan fingerprint density at radius 3 is 2.90 bits per heavy atom. The summed E-state index contributed by atoms with van der Waals surface area (Å²) in [5, 5.41) is 2.73. The molecule has 0 heterocycles. The fraction of sp³-hybridized carbons (Fsp3) is 0.438. The average molecular weight is 276 g/mol. The summed E-state index contributed by atoms with van der Waals surface area (Å²) in [6.07, 6.45) is 3.46. The van der Waals surface area contributed by atoms with Crippen molar-refractivity contribution in [3.05, 3.63) is 35.1 Å². The summed E-state index contributed by atoms with van der Waals surface area (Å²) < 4.78 is 13.6. The lowest BCUT2D eigenvalue weighted by Gasteiger charge is -2.07. The van der Waals surface area contributed by atoms with Crippen molar-refractivity contribution in [2.75, 3.05) is 6.54 Å². The molecule has 0 aliphatic carbocycles. The van der Waals surface area contributed by atoms with E-state index in [1.165, 1.54) is 6.07 Å². The number of carbonyl (C=O) groups excluding carboxylic acids is 1. The maximum absolute atomic E-state index is 13.6. The van der Waals surface area contributed by atoms with Gasteiger partial charge in [0.25, 0.3) is 0 Å². The molecule has 0 fully saturated rings. The highest BCUT2D eigenvalue weighted by molar-refractivity contribution is 5.75. The molecule has 0 aliphatic rings. The summed E-state index contributed by atoms with van der Waals surface area (Å²) in [6, 6.07) is 4.61. The number of amides is 1. The number of hydrogen-bond donors (Lipinski definition) is 2. The minimum absolute atomic E-state index is 0.0451. The standard InChI is InChI=1S/C16H21FN2O/c1-2-3-4-7-16(20)19-12-14-11-13(6-5-10-18)8-9-15(14)17/h8-9,11H,2-4,7,10,12,18H2,1H3,(H,19,20). The summed E-state index contributed by atoms with van der Waals surface area (Å²) in [5.74, 6) is 5.18. The first-order valence-electron chi connectivity index (χ1n) is 6.91. The first kappa shape index (κ1) is 16.2. The molecule has 0 saturated heterocycles. The summed E-state index contributed by atoms with van der Waals surface area (Å²) >= 11 is 0. The van der Waals surface area contributed by atoms with Crippen LogP contribution in [0.4, 0.5) is 4.39 Å². The van der Waals surface area contributed by atoms with Gasteiger partial charge in [-0.05, 0) is 24.6 Å². The van der Waals surface area contributed by atoms with Crippen LogP contribution in [0.25, 0.3) is 0 Å². The average Bonchev–Trinajstić information content (AvgIpc) is 2.45. The minimum Gasteiger partial charge on any atom is -0.352 e. The third-order valence-corrected chi connectivity index (χ3v) is 2.86. The van der Waals surface area contributed by atoms with Crippen LogP contribution in [0.5, 0.6) is 0 Å². The maximum atomic E-state index is 13.6. The summed E-state index contributed by atoms with van der Waals surface area (Å²) in [4.78, 5) is 11.6. The number of halogens is 1. The molecule has 0 radical (unpaired) electrons. The molecule has 0 saturated carbocycles. The number of unbranched alkanes of at least 4 members (excludes halogenated alkanes) is 2. The SMILES string of the molecule is CCCCCC(=O)NCc1cc(C#CCN)ccc1F. The monoisotopic (exact) mass is 276 g/mol. The first-order valence-corrected chi connectivity index (χ1v) is 6.91. The van der Waals surface area contributed by atoms with E-state index in [2.05, 4.69) is 24.1 Å². The number of nitrogens with two attached hydrogens (primary N) is 1. The minimum atomic E-state index is -0.336.